The molecule has 0 fully saturated rings. The van der Waals surface area contributed by atoms with Crippen molar-refractivity contribution < 1.29 is 0 Å². The lowest BCUT2D eigenvalue weighted by Gasteiger charge is -2.19. The van der Waals surface area contributed by atoms with E-state index in [2.05, 4.69) is 76.2 Å². The minimum Gasteiger partial charge on any atom is -0.0654 e. The van der Waals surface area contributed by atoms with E-state index < -0.39 is 0 Å². The summed E-state index contributed by atoms with van der Waals surface area (Å²) in [7, 11) is 0. The van der Waals surface area contributed by atoms with Crippen molar-refractivity contribution in [2.45, 2.75) is 97.3 Å². The number of benzene rings is 2. The predicted molar refractivity (Wildman–Crippen MR) is 122 cm³/mol. The van der Waals surface area contributed by atoms with Crippen molar-refractivity contribution in [3.8, 4) is 11.1 Å². The first kappa shape index (κ1) is 21.7. The van der Waals surface area contributed by atoms with Crippen molar-refractivity contribution in [3.63, 3.8) is 0 Å². The Morgan fingerprint density at radius 3 is 1.41 bits per heavy atom. The van der Waals surface area contributed by atoms with Gasteiger partial charge in [0.15, 0.2) is 0 Å². The summed E-state index contributed by atoms with van der Waals surface area (Å²) in [5.41, 5.74) is 5.83. The maximum Gasteiger partial charge on any atom is -0.0162 e. The van der Waals surface area contributed by atoms with Crippen molar-refractivity contribution in [1.29, 1.82) is 0 Å². The molecule has 0 aromatic heterocycles. The zero-order valence-corrected chi connectivity index (χ0v) is 18.1. The molecule has 0 saturated heterocycles. The highest BCUT2D eigenvalue weighted by Gasteiger charge is 2.13. The fourth-order valence-corrected chi connectivity index (χ4v) is 4.40. The Morgan fingerprint density at radius 2 is 1.00 bits per heavy atom. The molecule has 0 aliphatic rings. The second-order valence-electron chi connectivity index (χ2n) is 8.15. The molecule has 0 aliphatic heterocycles. The van der Waals surface area contributed by atoms with E-state index in [1.54, 1.807) is 0 Å². The second kappa shape index (κ2) is 12.0. The quantitative estimate of drug-likeness (QED) is 0.352. The van der Waals surface area contributed by atoms with Crippen LogP contribution in [0.4, 0.5) is 0 Å². The van der Waals surface area contributed by atoms with Gasteiger partial charge in [-0.25, -0.2) is 0 Å². The van der Waals surface area contributed by atoms with Crippen molar-refractivity contribution >= 4 is 0 Å². The van der Waals surface area contributed by atoms with E-state index in [9.17, 15) is 0 Å². The molecule has 0 spiro atoms. The van der Waals surface area contributed by atoms with Gasteiger partial charge in [0.2, 0.25) is 0 Å². The fraction of sp³-hybridized carbons (Fsp3) is 0.556. The molecule has 0 saturated carbocycles. The molecule has 2 aromatic carbocycles. The molecule has 148 valence electrons. The Balaban J connectivity index is 2.28. The van der Waals surface area contributed by atoms with Gasteiger partial charge in [-0.1, -0.05) is 108 Å². The molecule has 0 bridgehead atoms. The number of hydrogen-bond donors (Lipinski definition) is 0. The van der Waals surface area contributed by atoms with Gasteiger partial charge in [-0.15, -0.1) is 0 Å². The van der Waals surface area contributed by atoms with Gasteiger partial charge in [-0.3, -0.25) is 0 Å². The number of unbranched alkanes of at least 4 members (excludes halogenated alkanes) is 1. The highest BCUT2D eigenvalue weighted by molar-refractivity contribution is 5.65. The van der Waals surface area contributed by atoms with Crippen LogP contribution in [0.1, 0.15) is 108 Å². The zero-order chi connectivity index (χ0) is 19.5. The molecule has 27 heavy (non-hydrogen) atoms. The standard InChI is InChI=1S/C27H40/c1-5-9-15-23(14-8-4)25-17-11-19-27(21-25)26-18-10-16-24(20-26)22(12-6-2)13-7-3/h10-11,16-23H,5-9,12-15H2,1-4H3. The predicted octanol–water partition coefficient (Wildman–Crippen LogP) is 9.11. The Labute approximate surface area is 168 Å². The van der Waals surface area contributed by atoms with E-state index in [1.165, 1.54) is 80.0 Å². The molecule has 0 radical (unpaired) electrons. The fourth-order valence-electron chi connectivity index (χ4n) is 4.40. The molecule has 0 heterocycles. The third-order valence-electron chi connectivity index (χ3n) is 5.87. The van der Waals surface area contributed by atoms with Crippen LogP contribution in [0.15, 0.2) is 48.5 Å². The summed E-state index contributed by atoms with van der Waals surface area (Å²) >= 11 is 0. The van der Waals surface area contributed by atoms with Gasteiger partial charge in [0.05, 0.1) is 0 Å². The van der Waals surface area contributed by atoms with Gasteiger partial charge in [-0.2, -0.15) is 0 Å². The first-order chi connectivity index (χ1) is 13.2. The van der Waals surface area contributed by atoms with Gasteiger partial charge in [-0.05, 0) is 59.8 Å². The molecule has 0 N–H and O–H groups in total. The Hall–Kier alpha value is -1.56. The van der Waals surface area contributed by atoms with Crippen molar-refractivity contribution in [3.05, 3.63) is 59.7 Å². The Kier molecular flexibility index (Phi) is 9.67. The summed E-state index contributed by atoms with van der Waals surface area (Å²) < 4.78 is 0. The first-order valence-electron chi connectivity index (χ1n) is 11.4. The van der Waals surface area contributed by atoms with E-state index in [-0.39, 0.29) is 0 Å². The lowest BCUT2D eigenvalue weighted by atomic mass is 9.86. The van der Waals surface area contributed by atoms with Crippen molar-refractivity contribution in [2.24, 2.45) is 0 Å². The van der Waals surface area contributed by atoms with Crippen LogP contribution >= 0.6 is 0 Å². The molecule has 0 nitrogen and oxygen atoms in total. The topological polar surface area (TPSA) is 0 Å². The first-order valence-corrected chi connectivity index (χ1v) is 11.4. The monoisotopic (exact) mass is 364 g/mol. The van der Waals surface area contributed by atoms with Crippen LogP contribution in [-0.4, -0.2) is 0 Å². The van der Waals surface area contributed by atoms with E-state index in [4.69, 9.17) is 0 Å². The summed E-state index contributed by atoms with van der Waals surface area (Å²) in [5, 5.41) is 0. The van der Waals surface area contributed by atoms with E-state index in [1.807, 2.05) is 0 Å². The van der Waals surface area contributed by atoms with Crippen LogP contribution in [0.5, 0.6) is 0 Å². The van der Waals surface area contributed by atoms with Crippen molar-refractivity contribution in [1.82, 2.24) is 0 Å². The maximum absolute atomic E-state index is 2.46. The average Bonchev–Trinajstić information content (AvgIpc) is 2.71. The number of hydrogen-bond acceptors (Lipinski definition) is 0. The maximum atomic E-state index is 2.46. The lowest BCUT2D eigenvalue weighted by Crippen LogP contribution is -2.00. The minimum atomic E-state index is 0.709. The number of rotatable bonds is 12. The molecule has 2 rings (SSSR count). The Morgan fingerprint density at radius 1 is 0.556 bits per heavy atom. The van der Waals surface area contributed by atoms with Gasteiger partial charge in [0.1, 0.15) is 0 Å². The second-order valence-corrected chi connectivity index (χ2v) is 8.15. The molecule has 0 amide bonds. The van der Waals surface area contributed by atoms with E-state index >= 15 is 0 Å². The van der Waals surface area contributed by atoms with Crippen LogP contribution < -0.4 is 0 Å². The molecule has 0 aliphatic carbocycles. The highest BCUT2D eigenvalue weighted by Crippen LogP contribution is 2.33. The van der Waals surface area contributed by atoms with Gasteiger partial charge < -0.3 is 0 Å². The van der Waals surface area contributed by atoms with Crippen LogP contribution in [0.3, 0.4) is 0 Å². The van der Waals surface area contributed by atoms with Crippen LogP contribution in [-0.2, 0) is 0 Å². The molecule has 0 heteroatoms. The zero-order valence-electron chi connectivity index (χ0n) is 18.1. The molecular weight excluding hydrogens is 324 g/mol. The summed E-state index contributed by atoms with van der Waals surface area (Å²) in [4.78, 5) is 0. The molecular formula is C27H40. The summed E-state index contributed by atoms with van der Waals surface area (Å²) in [6.45, 7) is 9.22. The van der Waals surface area contributed by atoms with Gasteiger partial charge in [0, 0.05) is 0 Å². The lowest BCUT2D eigenvalue weighted by molar-refractivity contribution is 0.541. The summed E-state index contributed by atoms with van der Waals surface area (Å²) in [6.07, 6.45) is 11.6. The van der Waals surface area contributed by atoms with E-state index in [0.717, 1.165) is 0 Å². The average molecular weight is 365 g/mol. The van der Waals surface area contributed by atoms with Crippen molar-refractivity contribution in [2.75, 3.05) is 0 Å². The normalized spacial score (nSPS) is 12.5. The third kappa shape index (κ3) is 6.52. The Bertz CT molecular complexity index is 649. The summed E-state index contributed by atoms with van der Waals surface area (Å²) in [6, 6.07) is 18.7. The summed E-state index contributed by atoms with van der Waals surface area (Å²) in [5.74, 6) is 1.42. The van der Waals surface area contributed by atoms with Crippen LogP contribution in [0, 0.1) is 0 Å². The molecule has 2 aromatic rings. The van der Waals surface area contributed by atoms with Gasteiger partial charge in [0.25, 0.3) is 0 Å². The van der Waals surface area contributed by atoms with E-state index in [0.29, 0.717) is 11.8 Å². The largest absolute Gasteiger partial charge is 0.0654 e. The molecule has 1 atom stereocenters. The minimum absolute atomic E-state index is 0.709. The third-order valence-corrected chi connectivity index (χ3v) is 5.87. The SMILES string of the molecule is CCCCC(CCC)c1cccc(-c2cccc(C(CCC)CCC)c2)c1. The molecule has 1 unspecified atom stereocenters. The van der Waals surface area contributed by atoms with Crippen LogP contribution in [0.25, 0.3) is 11.1 Å². The van der Waals surface area contributed by atoms with Gasteiger partial charge >= 0.3 is 0 Å². The highest BCUT2D eigenvalue weighted by atomic mass is 14.2. The van der Waals surface area contributed by atoms with Crippen LogP contribution in [0.2, 0.25) is 0 Å². The smallest absolute Gasteiger partial charge is 0.0162 e.